The van der Waals surface area contributed by atoms with Gasteiger partial charge in [0, 0.05) is 39.4 Å². The fourth-order valence-electron chi connectivity index (χ4n) is 1.86. The van der Waals surface area contributed by atoms with Crippen molar-refractivity contribution in [1.29, 1.82) is 0 Å². The number of piperazine rings is 1. The highest BCUT2D eigenvalue weighted by Crippen LogP contribution is 2.12. The van der Waals surface area contributed by atoms with E-state index in [1.54, 1.807) is 19.3 Å². The first kappa shape index (κ1) is 12.8. The molecule has 98 valence electrons. The second-order valence-electron chi connectivity index (χ2n) is 4.13. The monoisotopic (exact) mass is 250 g/mol. The van der Waals surface area contributed by atoms with Gasteiger partial charge in [0.1, 0.15) is 5.82 Å². The number of hydrogen-bond acceptors (Lipinski definition) is 5. The molecule has 0 aliphatic carbocycles. The lowest BCUT2D eigenvalue weighted by Gasteiger charge is -2.28. The summed E-state index contributed by atoms with van der Waals surface area (Å²) in [6.45, 7) is 3.82. The number of hydroxylamine groups is 2. The maximum absolute atomic E-state index is 11.8. The minimum Gasteiger partial charge on any atom is -0.354 e. The molecule has 0 radical (unpaired) electrons. The Bertz CT molecular complexity index is 401. The molecule has 1 fully saturated rings. The Morgan fingerprint density at radius 1 is 1.44 bits per heavy atom. The van der Waals surface area contributed by atoms with Crippen molar-refractivity contribution in [3.05, 3.63) is 23.9 Å². The first-order chi connectivity index (χ1) is 8.72. The van der Waals surface area contributed by atoms with Crippen molar-refractivity contribution >= 4 is 11.7 Å². The van der Waals surface area contributed by atoms with Crippen molar-refractivity contribution in [3.8, 4) is 0 Å². The van der Waals surface area contributed by atoms with Crippen LogP contribution in [0.5, 0.6) is 0 Å². The lowest BCUT2D eigenvalue weighted by Crippen LogP contribution is -2.43. The predicted octanol–water partition coefficient (Wildman–Crippen LogP) is 0.125. The third kappa shape index (κ3) is 2.77. The largest absolute Gasteiger partial charge is 0.354 e. The molecule has 0 atom stereocenters. The van der Waals surface area contributed by atoms with Gasteiger partial charge >= 0.3 is 0 Å². The van der Waals surface area contributed by atoms with E-state index in [4.69, 9.17) is 4.84 Å². The smallest absolute Gasteiger partial charge is 0.278 e. The Morgan fingerprint density at radius 2 is 2.17 bits per heavy atom. The van der Waals surface area contributed by atoms with Crippen molar-refractivity contribution < 1.29 is 9.63 Å². The number of hydrogen-bond donors (Lipinski definition) is 1. The number of amides is 1. The van der Waals surface area contributed by atoms with Crippen LogP contribution in [0.2, 0.25) is 0 Å². The first-order valence-corrected chi connectivity index (χ1v) is 5.96. The van der Waals surface area contributed by atoms with Gasteiger partial charge in [-0.15, -0.1) is 0 Å². The van der Waals surface area contributed by atoms with E-state index in [0.29, 0.717) is 5.56 Å². The van der Waals surface area contributed by atoms with Gasteiger partial charge in [0.15, 0.2) is 0 Å². The van der Waals surface area contributed by atoms with Crippen LogP contribution in [0.15, 0.2) is 18.3 Å². The quantitative estimate of drug-likeness (QED) is 0.772. The van der Waals surface area contributed by atoms with Crippen LogP contribution >= 0.6 is 0 Å². The second-order valence-corrected chi connectivity index (χ2v) is 4.13. The molecule has 6 nitrogen and oxygen atoms in total. The van der Waals surface area contributed by atoms with Crippen LogP contribution in [0.3, 0.4) is 0 Å². The van der Waals surface area contributed by atoms with Gasteiger partial charge in [0.25, 0.3) is 5.91 Å². The van der Waals surface area contributed by atoms with Crippen molar-refractivity contribution in [3.63, 3.8) is 0 Å². The van der Waals surface area contributed by atoms with E-state index in [9.17, 15) is 4.79 Å². The van der Waals surface area contributed by atoms with Gasteiger partial charge in [0.05, 0.1) is 12.7 Å². The number of aromatic nitrogens is 1. The molecular weight excluding hydrogens is 232 g/mol. The number of pyridine rings is 1. The SMILES string of the molecule is CON(C)C(=O)c1ccc(N2CCNCC2)nc1. The van der Waals surface area contributed by atoms with Crippen LogP contribution < -0.4 is 10.2 Å². The maximum Gasteiger partial charge on any atom is 0.278 e. The maximum atomic E-state index is 11.8. The van der Waals surface area contributed by atoms with E-state index >= 15 is 0 Å². The van der Waals surface area contributed by atoms with Gasteiger partial charge < -0.3 is 10.2 Å². The zero-order valence-corrected chi connectivity index (χ0v) is 10.7. The summed E-state index contributed by atoms with van der Waals surface area (Å²) >= 11 is 0. The number of carbonyl (C=O) groups is 1. The highest BCUT2D eigenvalue weighted by Gasteiger charge is 2.14. The zero-order valence-electron chi connectivity index (χ0n) is 10.7. The van der Waals surface area contributed by atoms with Crippen molar-refractivity contribution in [2.45, 2.75) is 0 Å². The summed E-state index contributed by atoms with van der Waals surface area (Å²) < 4.78 is 0. The molecule has 6 heteroatoms. The van der Waals surface area contributed by atoms with Crippen LogP contribution in [0.4, 0.5) is 5.82 Å². The number of nitrogens with one attached hydrogen (secondary N) is 1. The lowest BCUT2D eigenvalue weighted by atomic mass is 10.2. The number of anilines is 1. The van der Waals surface area contributed by atoms with E-state index in [-0.39, 0.29) is 5.91 Å². The van der Waals surface area contributed by atoms with Crippen LogP contribution in [0, 0.1) is 0 Å². The van der Waals surface area contributed by atoms with Gasteiger partial charge in [-0.1, -0.05) is 0 Å². The van der Waals surface area contributed by atoms with E-state index in [2.05, 4.69) is 15.2 Å². The number of carbonyl (C=O) groups excluding carboxylic acids is 1. The molecule has 1 amide bonds. The molecule has 0 saturated carbocycles. The van der Waals surface area contributed by atoms with Gasteiger partial charge in [-0.2, -0.15) is 0 Å². The van der Waals surface area contributed by atoms with E-state index < -0.39 is 0 Å². The van der Waals surface area contributed by atoms with Crippen LogP contribution in [0.1, 0.15) is 10.4 Å². The summed E-state index contributed by atoms with van der Waals surface area (Å²) in [5.74, 6) is 0.713. The van der Waals surface area contributed by atoms with E-state index in [1.165, 1.54) is 12.2 Å². The molecule has 1 aliphatic rings. The molecule has 0 bridgehead atoms. The normalized spacial score (nSPS) is 15.6. The minimum absolute atomic E-state index is 0.197. The van der Waals surface area contributed by atoms with Crippen LogP contribution in [-0.2, 0) is 4.84 Å². The van der Waals surface area contributed by atoms with Gasteiger partial charge in [-0.3, -0.25) is 9.63 Å². The molecular formula is C12H18N4O2. The van der Waals surface area contributed by atoms with E-state index in [1.807, 2.05) is 6.07 Å². The molecule has 2 rings (SSSR count). The minimum atomic E-state index is -0.197. The first-order valence-electron chi connectivity index (χ1n) is 5.96. The van der Waals surface area contributed by atoms with Crippen molar-refractivity contribution in [2.75, 3.05) is 45.2 Å². The van der Waals surface area contributed by atoms with Crippen LogP contribution in [0.25, 0.3) is 0 Å². The summed E-state index contributed by atoms with van der Waals surface area (Å²) in [6, 6.07) is 3.66. The summed E-state index contributed by atoms with van der Waals surface area (Å²) in [5, 5.41) is 4.47. The molecule has 18 heavy (non-hydrogen) atoms. The average molecular weight is 250 g/mol. The second kappa shape index (κ2) is 5.79. The third-order valence-corrected chi connectivity index (χ3v) is 3.00. The van der Waals surface area contributed by atoms with Crippen LogP contribution in [-0.4, -0.2) is 56.3 Å². The molecule has 2 heterocycles. The Hall–Kier alpha value is -1.66. The standard InChI is InChI=1S/C12H18N4O2/c1-15(18-2)12(17)10-3-4-11(14-9-10)16-7-5-13-6-8-16/h3-4,9,13H,5-8H2,1-2H3. The summed E-state index contributed by atoms with van der Waals surface area (Å²) in [4.78, 5) is 23.2. The topological polar surface area (TPSA) is 57.7 Å². The average Bonchev–Trinajstić information content (AvgIpc) is 2.47. The zero-order chi connectivity index (χ0) is 13.0. The molecule has 1 N–H and O–H groups in total. The molecule has 1 saturated heterocycles. The van der Waals surface area contributed by atoms with E-state index in [0.717, 1.165) is 32.0 Å². The fourth-order valence-corrected chi connectivity index (χ4v) is 1.86. The van der Waals surface area contributed by atoms with Gasteiger partial charge in [-0.05, 0) is 12.1 Å². The summed E-state index contributed by atoms with van der Waals surface area (Å²) in [5.41, 5.74) is 0.526. The summed E-state index contributed by atoms with van der Waals surface area (Å²) in [6.07, 6.45) is 1.59. The molecule has 0 spiro atoms. The Kier molecular flexibility index (Phi) is 4.11. The Labute approximate surface area is 106 Å². The highest BCUT2D eigenvalue weighted by atomic mass is 16.7. The van der Waals surface area contributed by atoms with Crippen molar-refractivity contribution in [1.82, 2.24) is 15.4 Å². The number of rotatable bonds is 3. The Morgan fingerprint density at radius 3 is 2.72 bits per heavy atom. The molecule has 1 aromatic heterocycles. The number of nitrogens with zero attached hydrogens (tertiary/aromatic N) is 3. The lowest BCUT2D eigenvalue weighted by molar-refractivity contribution is -0.0757. The molecule has 1 aromatic rings. The summed E-state index contributed by atoms with van der Waals surface area (Å²) in [7, 11) is 3.03. The third-order valence-electron chi connectivity index (χ3n) is 3.00. The predicted molar refractivity (Wildman–Crippen MR) is 68.4 cm³/mol. The Balaban J connectivity index is 2.07. The highest BCUT2D eigenvalue weighted by molar-refractivity contribution is 5.93. The molecule has 1 aliphatic heterocycles. The van der Waals surface area contributed by atoms with Gasteiger partial charge in [-0.25, -0.2) is 10.0 Å². The molecule has 0 unspecified atom stereocenters. The fraction of sp³-hybridized carbons (Fsp3) is 0.500. The van der Waals surface area contributed by atoms with Crippen molar-refractivity contribution in [2.24, 2.45) is 0 Å². The molecule has 0 aromatic carbocycles. The van der Waals surface area contributed by atoms with Gasteiger partial charge in [0.2, 0.25) is 0 Å².